The number of aliphatic imine (C=N–C) groups is 1. The first-order valence-electron chi connectivity index (χ1n) is 8.62. The fourth-order valence-electron chi connectivity index (χ4n) is 2.70. The van der Waals surface area contributed by atoms with E-state index in [1.165, 1.54) is 45.6 Å². The first kappa shape index (κ1) is 18.2. The monoisotopic (exact) mass is 297 g/mol. The minimum atomic E-state index is 0.741. The number of piperazine rings is 1. The molecule has 124 valence electrons. The molecule has 1 aliphatic rings. The second kappa shape index (κ2) is 10.9. The SMILES string of the molecule is CCC(CC)CNC(=NC)NCCN1CCN(CC)CC1. The highest BCUT2D eigenvalue weighted by atomic mass is 15.3. The van der Waals surface area contributed by atoms with Crippen molar-refractivity contribution in [3.05, 3.63) is 0 Å². The lowest BCUT2D eigenvalue weighted by molar-refractivity contribution is 0.139. The highest BCUT2D eigenvalue weighted by Crippen LogP contribution is 2.04. The van der Waals surface area contributed by atoms with Crippen LogP contribution in [0.25, 0.3) is 0 Å². The first-order valence-corrected chi connectivity index (χ1v) is 8.62. The molecule has 0 spiro atoms. The minimum Gasteiger partial charge on any atom is -0.356 e. The highest BCUT2D eigenvalue weighted by Gasteiger charge is 2.14. The Morgan fingerprint density at radius 3 is 2.14 bits per heavy atom. The van der Waals surface area contributed by atoms with Crippen LogP contribution in [0, 0.1) is 5.92 Å². The first-order chi connectivity index (χ1) is 10.2. The van der Waals surface area contributed by atoms with Crippen molar-refractivity contribution in [1.29, 1.82) is 0 Å². The van der Waals surface area contributed by atoms with E-state index in [1.807, 2.05) is 7.05 Å². The summed E-state index contributed by atoms with van der Waals surface area (Å²) in [6.07, 6.45) is 2.45. The van der Waals surface area contributed by atoms with Gasteiger partial charge in [-0.05, 0) is 12.5 Å². The van der Waals surface area contributed by atoms with Gasteiger partial charge in [0.2, 0.25) is 0 Å². The van der Waals surface area contributed by atoms with Gasteiger partial charge in [0.1, 0.15) is 0 Å². The molecular formula is C16H35N5. The van der Waals surface area contributed by atoms with Gasteiger partial charge in [-0.3, -0.25) is 9.89 Å². The highest BCUT2D eigenvalue weighted by molar-refractivity contribution is 5.79. The summed E-state index contributed by atoms with van der Waals surface area (Å²) in [4.78, 5) is 9.35. The molecule has 5 heteroatoms. The van der Waals surface area contributed by atoms with E-state index in [4.69, 9.17) is 0 Å². The molecule has 0 radical (unpaired) electrons. The maximum atomic E-state index is 4.30. The van der Waals surface area contributed by atoms with E-state index < -0.39 is 0 Å². The van der Waals surface area contributed by atoms with E-state index in [9.17, 15) is 0 Å². The smallest absolute Gasteiger partial charge is 0.191 e. The Balaban J connectivity index is 2.15. The summed E-state index contributed by atoms with van der Waals surface area (Å²) in [7, 11) is 1.85. The maximum Gasteiger partial charge on any atom is 0.191 e. The van der Waals surface area contributed by atoms with Crippen LogP contribution in [0.3, 0.4) is 0 Å². The average molecular weight is 297 g/mol. The van der Waals surface area contributed by atoms with Crippen molar-refractivity contribution in [2.45, 2.75) is 33.6 Å². The largest absolute Gasteiger partial charge is 0.356 e. The summed E-state index contributed by atoms with van der Waals surface area (Å²) < 4.78 is 0. The number of likely N-dealkylation sites (N-methyl/N-ethyl adjacent to an activating group) is 1. The van der Waals surface area contributed by atoms with Crippen molar-refractivity contribution in [2.24, 2.45) is 10.9 Å². The zero-order chi connectivity index (χ0) is 15.5. The number of guanidine groups is 1. The second-order valence-electron chi connectivity index (χ2n) is 5.84. The summed E-state index contributed by atoms with van der Waals surface area (Å²) in [5.74, 6) is 1.68. The predicted octanol–water partition coefficient (Wildman–Crippen LogP) is 1.23. The molecule has 1 rings (SSSR count). The van der Waals surface area contributed by atoms with Crippen molar-refractivity contribution in [3.63, 3.8) is 0 Å². The maximum absolute atomic E-state index is 4.30. The molecule has 5 nitrogen and oxygen atoms in total. The Hall–Kier alpha value is -0.810. The van der Waals surface area contributed by atoms with Crippen molar-refractivity contribution < 1.29 is 0 Å². The Morgan fingerprint density at radius 1 is 1.00 bits per heavy atom. The molecular weight excluding hydrogens is 262 g/mol. The molecule has 0 aromatic carbocycles. The van der Waals surface area contributed by atoms with E-state index >= 15 is 0 Å². The summed E-state index contributed by atoms with van der Waals surface area (Å²) in [5, 5.41) is 6.87. The van der Waals surface area contributed by atoms with E-state index in [0.29, 0.717) is 0 Å². The molecule has 21 heavy (non-hydrogen) atoms. The molecule has 1 fully saturated rings. The fraction of sp³-hybridized carbons (Fsp3) is 0.938. The van der Waals surface area contributed by atoms with E-state index in [2.05, 4.69) is 46.2 Å². The second-order valence-corrected chi connectivity index (χ2v) is 5.84. The lowest BCUT2D eigenvalue weighted by Crippen LogP contribution is -2.49. The van der Waals surface area contributed by atoms with Gasteiger partial charge in [-0.1, -0.05) is 33.6 Å². The normalized spacial score (nSPS) is 18.2. The molecule has 2 N–H and O–H groups in total. The summed E-state index contributed by atoms with van der Waals surface area (Å²) in [5.41, 5.74) is 0. The zero-order valence-corrected chi connectivity index (χ0v) is 14.5. The molecule has 0 saturated carbocycles. The van der Waals surface area contributed by atoms with Crippen molar-refractivity contribution in [1.82, 2.24) is 20.4 Å². The summed E-state index contributed by atoms with van der Waals surface area (Å²) in [6, 6.07) is 0. The van der Waals surface area contributed by atoms with Crippen LogP contribution in [0.2, 0.25) is 0 Å². The van der Waals surface area contributed by atoms with Crippen molar-refractivity contribution in [2.75, 3.05) is 59.4 Å². The molecule has 0 bridgehead atoms. The van der Waals surface area contributed by atoms with E-state index in [-0.39, 0.29) is 0 Å². The van der Waals surface area contributed by atoms with Crippen LogP contribution in [-0.4, -0.2) is 75.2 Å². The quantitative estimate of drug-likeness (QED) is 0.522. The number of rotatable bonds is 8. The molecule has 1 saturated heterocycles. The van der Waals surface area contributed by atoms with Gasteiger partial charge in [0.15, 0.2) is 5.96 Å². The zero-order valence-electron chi connectivity index (χ0n) is 14.5. The third-order valence-corrected chi connectivity index (χ3v) is 4.57. The minimum absolute atomic E-state index is 0.741. The molecule has 0 amide bonds. The standard InChI is InChI=1S/C16H35N5/c1-5-15(6-2)14-19-16(17-4)18-8-9-21-12-10-20(7-3)11-13-21/h15H,5-14H2,1-4H3,(H2,17,18,19). The Bertz CT molecular complexity index is 280. The Labute approximate surface area is 131 Å². The average Bonchev–Trinajstić information content (AvgIpc) is 2.54. The molecule has 1 heterocycles. The van der Waals surface area contributed by atoms with Gasteiger partial charge in [-0.2, -0.15) is 0 Å². The Kier molecular flexibility index (Phi) is 9.42. The number of nitrogens with zero attached hydrogens (tertiary/aromatic N) is 3. The van der Waals surface area contributed by atoms with Gasteiger partial charge in [0, 0.05) is 52.9 Å². The van der Waals surface area contributed by atoms with Crippen LogP contribution in [0.15, 0.2) is 4.99 Å². The van der Waals surface area contributed by atoms with Gasteiger partial charge in [-0.25, -0.2) is 0 Å². The predicted molar refractivity (Wildman–Crippen MR) is 92.0 cm³/mol. The van der Waals surface area contributed by atoms with Gasteiger partial charge in [-0.15, -0.1) is 0 Å². The molecule has 1 aliphatic heterocycles. The van der Waals surface area contributed by atoms with Gasteiger partial charge >= 0.3 is 0 Å². The third-order valence-electron chi connectivity index (χ3n) is 4.57. The fourth-order valence-corrected chi connectivity index (χ4v) is 2.70. The van der Waals surface area contributed by atoms with Crippen LogP contribution in [-0.2, 0) is 0 Å². The van der Waals surface area contributed by atoms with E-state index in [1.54, 1.807) is 0 Å². The van der Waals surface area contributed by atoms with Crippen LogP contribution in [0.1, 0.15) is 33.6 Å². The van der Waals surface area contributed by atoms with Gasteiger partial charge in [0.05, 0.1) is 0 Å². The molecule has 0 aromatic heterocycles. The molecule has 0 atom stereocenters. The Morgan fingerprint density at radius 2 is 1.62 bits per heavy atom. The van der Waals surface area contributed by atoms with Crippen LogP contribution >= 0.6 is 0 Å². The van der Waals surface area contributed by atoms with Crippen LogP contribution in [0.4, 0.5) is 0 Å². The molecule has 0 aromatic rings. The number of nitrogens with one attached hydrogen (secondary N) is 2. The van der Waals surface area contributed by atoms with Crippen LogP contribution in [0.5, 0.6) is 0 Å². The van der Waals surface area contributed by atoms with Gasteiger partial charge < -0.3 is 15.5 Å². The summed E-state index contributed by atoms with van der Waals surface area (Å²) >= 11 is 0. The van der Waals surface area contributed by atoms with Crippen molar-refractivity contribution in [3.8, 4) is 0 Å². The van der Waals surface area contributed by atoms with Crippen LogP contribution < -0.4 is 10.6 Å². The lowest BCUT2D eigenvalue weighted by Gasteiger charge is -2.34. The lowest BCUT2D eigenvalue weighted by atomic mass is 10.0. The van der Waals surface area contributed by atoms with E-state index in [0.717, 1.165) is 31.5 Å². The third kappa shape index (κ3) is 7.14. The van der Waals surface area contributed by atoms with Gasteiger partial charge in [0.25, 0.3) is 0 Å². The van der Waals surface area contributed by atoms with Crippen molar-refractivity contribution >= 4 is 5.96 Å². The number of hydrogen-bond donors (Lipinski definition) is 2. The number of hydrogen-bond acceptors (Lipinski definition) is 3. The topological polar surface area (TPSA) is 42.9 Å². The summed E-state index contributed by atoms with van der Waals surface area (Å²) in [6.45, 7) is 15.8. The molecule has 0 aliphatic carbocycles. The molecule has 0 unspecified atom stereocenters.